The van der Waals surface area contributed by atoms with E-state index < -0.39 is 12.2 Å². The fourth-order valence-corrected chi connectivity index (χ4v) is 3.74. The van der Waals surface area contributed by atoms with Gasteiger partial charge in [0.2, 0.25) is 0 Å². The molecule has 2 unspecified atom stereocenters. The third kappa shape index (κ3) is 3.79. The number of carboxylic acid groups (broad SMARTS) is 2. The van der Waals surface area contributed by atoms with Crippen molar-refractivity contribution in [1.29, 1.82) is 0 Å². The number of carbonyl (C=O) groups is 2. The van der Waals surface area contributed by atoms with Gasteiger partial charge in [0.15, 0.2) is 0 Å². The van der Waals surface area contributed by atoms with E-state index in [2.05, 4.69) is 0 Å². The first-order chi connectivity index (χ1) is 12.6. The minimum absolute atomic E-state index is 0.251. The highest BCUT2D eigenvalue weighted by atomic mass is 16.4. The first kappa shape index (κ1) is 17.8. The molecule has 0 bridgehead atoms. The van der Waals surface area contributed by atoms with E-state index in [1.165, 1.54) is 9.80 Å². The van der Waals surface area contributed by atoms with Gasteiger partial charge in [0.05, 0.1) is 0 Å². The van der Waals surface area contributed by atoms with E-state index in [1.807, 2.05) is 12.1 Å². The van der Waals surface area contributed by atoms with E-state index in [9.17, 15) is 19.8 Å². The molecule has 6 nitrogen and oxygen atoms in total. The van der Waals surface area contributed by atoms with Crippen molar-refractivity contribution in [2.45, 2.75) is 37.8 Å². The van der Waals surface area contributed by atoms with Crippen LogP contribution >= 0.6 is 0 Å². The summed E-state index contributed by atoms with van der Waals surface area (Å²) in [6.07, 6.45) is 0.678. The molecule has 0 radical (unpaired) electrons. The van der Waals surface area contributed by atoms with Crippen LogP contribution in [0.1, 0.15) is 25.7 Å². The molecule has 0 saturated heterocycles. The van der Waals surface area contributed by atoms with Gasteiger partial charge in [-0.15, -0.1) is 0 Å². The summed E-state index contributed by atoms with van der Waals surface area (Å²) >= 11 is 0. The van der Waals surface area contributed by atoms with Gasteiger partial charge in [0.1, 0.15) is 0 Å². The minimum Gasteiger partial charge on any atom is -0.465 e. The fourth-order valence-electron chi connectivity index (χ4n) is 3.74. The summed E-state index contributed by atoms with van der Waals surface area (Å²) in [6, 6.07) is 17.5. The lowest BCUT2D eigenvalue weighted by atomic mass is 9.88. The predicted molar refractivity (Wildman–Crippen MR) is 99.9 cm³/mol. The highest BCUT2D eigenvalue weighted by Gasteiger charge is 2.35. The summed E-state index contributed by atoms with van der Waals surface area (Å²) in [7, 11) is 0. The van der Waals surface area contributed by atoms with Gasteiger partial charge < -0.3 is 10.2 Å². The molecule has 0 heterocycles. The summed E-state index contributed by atoms with van der Waals surface area (Å²) < 4.78 is 0. The monoisotopic (exact) mass is 354 g/mol. The molecule has 2 aromatic rings. The lowest BCUT2D eigenvalue weighted by Gasteiger charge is -2.39. The minimum atomic E-state index is -1.01. The molecular weight excluding hydrogens is 332 g/mol. The molecule has 136 valence electrons. The lowest BCUT2D eigenvalue weighted by molar-refractivity contribution is 0.191. The number of rotatable bonds is 4. The second-order valence-corrected chi connectivity index (χ2v) is 6.45. The molecule has 26 heavy (non-hydrogen) atoms. The van der Waals surface area contributed by atoms with Crippen LogP contribution in [0.4, 0.5) is 21.0 Å². The molecule has 2 atom stereocenters. The van der Waals surface area contributed by atoms with E-state index in [1.54, 1.807) is 48.5 Å². The Labute approximate surface area is 152 Å². The quantitative estimate of drug-likeness (QED) is 0.836. The number of anilines is 2. The Kier molecular flexibility index (Phi) is 5.41. The Balaban J connectivity index is 1.85. The van der Waals surface area contributed by atoms with Crippen molar-refractivity contribution < 1.29 is 19.8 Å². The number of hydrogen-bond donors (Lipinski definition) is 2. The van der Waals surface area contributed by atoms with Crippen molar-refractivity contribution in [1.82, 2.24) is 0 Å². The summed E-state index contributed by atoms with van der Waals surface area (Å²) in [4.78, 5) is 26.5. The molecular formula is C20H22N2O4. The summed E-state index contributed by atoms with van der Waals surface area (Å²) in [5.74, 6) is 0. The smallest absolute Gasteiger partial charge is 0.412 e. The maximum atomic E-state index is 11.9. The van der Waals surface area contributed by atoms with E-state index in [4.69, 9.17) is 0 Å². The van der Waals surface area contributed by atoms with Crippen molar-refractivity contribution in [2.24, 2.45) is 0 Å². The molecule has 0 spiro atoms. The number of benzene rings is 2. The molecule has 0 aromatic heterocycles. The average molecular weight is 354 g/mol. The van der Waals surface area contributed by atoms with Crippen LogP contribution in [0.5, 0.6) is 0 Å². The predicted octanol–water partition coefficient (Wildman–Crippen LogP) is 4.67. The van der Waals surface area contributed by atoms with Crippen molar-refractivity contribution in [3.05, 3.63) is 60.7 Å². The van der Waals surface area contributed by atoms with Crippen molar-refractivity contribution in [2.75, 3.05) is 9.80 Å². The molecule has 2 aromatic carbocycles. The van der Waals surface area contributed by atoms with Crippen LogP contribution in [-0.2, 0) is 0 Å². The molecule has 0 aliphatic heterocycles. The largest absolute Gasteiger partial charge is 0.465 e. The number of nitrogens with zero attached hydrogens (tertiary/aromatic N) is 2. The summed E-state index contributed by atoms with van der Waals surface area (Å²) in [5, 5.41) is 19.5. The Morgan fingerprint density at radius 1 is 0.731 bits per heavy atom. The van der Waals surface area contributed by atoms with Gasteiger partial charge >= 0.3 is 12.2 Å². The van der Waals surface area contributed by atoms with Crippen LogP contribution in [0, 0.1) is 0 Å². The molecule has 6 heteroatoms. The summed E-state index contributed by atoms with van der Waals surface area (Å²) in [6.45, 7) is 0. The first-order valence-corrected chi connectivity index (χ1v) is 8.72. The zero-order valence-corrected chi connectivity index (χ0v) is 14.4. The van der Waals surface area contributed by atoms with E-state index in [0.717, 1.165) is 19.3 Å². The van der Waals surface area contributed by atoms with Crippen molar-refractivity contribution >= 4 is 23.6 Å². The Bertz CT molecular complexity index is 687. The van der Waals surface area contributed by atoms with Gasteiger partial charge in [-0.3, -0.25) is 9.80 Å². The third-order valence-corrected chi connectivity index (χ3v) is 4.83. The van der Waals surface area contributed by atoms with Gasteiger partial charge in [-0.1, -0.05) is 36.4 Å². The zero-order chi connectivity index (χ0) is 18.5. The van der Waals surface area contributed by atoms with Gasteiger partial charge in [0, 0.05) is 23.5 Å². The molecule has 1 aliphatic rings. The van der Waals surface area contributed by atoms with Gasteiger partial charge in [-0.05, 0) is 49.9 Å². The molecule has 1 saturated carbocycles. The second-order valence-electron chi connectivity index (χ2n) is 6.45. The molecule has 2 N–H and O–H groups in total. The van der Waals surface area contributed by atoms with Gasteiger partial charge in [-0.2, -0.15) is 0 Å². The highest BCUT2D eigenvalue weighted by molar-refractivity contribution is 5.88. The maximum Gasteiger partial charge on any atom is 0.412 e. The van der Waals surface area contributed by atoms with E-state index >= 15 is 0 Å². The van der Waals surface area contributed by atoms with Crippen molar-refractivity contribution in [3.63, 3.8) is 0 Å². The van der Waals surface area contributed by atoms with E-state index in [0.29, 0.717) is 17.8 Å². The Morgan fingerprint density at radius 3 is 1.46 bits per heavy atom. The van der Waals surface area contributed by atoms with Gasteiger partial charge in [-0.25, -0.2) is 9.59 Å². The standard InChI is InChI=1S/C20H22N2O4/c23-19(24)21(15-8-3-1-4-9-15)17-12-7-13-18(14-17)22(20(25)26)16-10-5-2-6-11-16/h1-6,8-11,17-18H,7,12-14H2,(H,23,24)(H,25,26). The van der Waals surface area contributed by atoms with Gasteiger partial charge in [0.25, 0.3) is 0 Å². The van der Waals surface area contributed by atoms with Crippen LogP contribution in [0.3, 0.4) is 0 Å². The number of hydrogen-bond acceptors (Lipinski definition) is 2. The first-order valence-electron chi connectivity index (χ1n) is 8.72. The normalized spacial score (nSPS) is 19.5. The SMILES string of the molecule is O=C(O)N(c1ccccc1)C1CCCC(N(C(=O)O)c2ccccc2)C1. The van der Waals surface area contributed by atoms with Crippen LogP contribution in [0.15, 0.2) is 60.7 Å². The fraction of sp³-hybridized carbons (Fsp3) is 0.300. The maximum absolute atomic E-state index is 11.9. The van der Waals surface area contributed by atoms with Crippen LogP contribution in [0.25, 0.3) is 0 Å². The molecule has 1 aliphatic carbocycles. The second kappa shape index (κ2) is 7.91. The van der Waals surface area contributed by atoms with E-state index in [-0.39, 0.29) is 12.1 Å². The number of para-hydroxylation sites is 2. The van der Waals surface area contributed by atoms with Crippen LogP contribution < -0.4 is 9.80 Å². The lowest BCUT2D eigenvalue weighted by Crippen LogP contribution is -2.49. The summed E-state index contributed by atoms with van der Waals surface area (Å²) in [5.41, 5.74) is 1.24. The Morgan fingerprint density at radius 2 is 1.12 bits per heavy atom. The molecule has 1 fully saturated rings. The average Bonchev–Trinajstić information content (AvgIpc) is 2.64. The topological polar surface area (TPSA) is 81.1 Å². The van der Waals surface area contributed by atoms with Crippen molar-refractivity contribution in [3.8, 4) is 0 Å². The third-order valence-electron chi connectivity index (χ3n) is 4.83. The highest BCUT2D eigenvalue weighted by Crippen LogP contribution is 2.32. The zero-order valence-electron chi connectivity index (χ0n) is 14.4. The van der Waals surface area contributed by atoms with Crippen LogP contribution in [-0.4, -0.2) is 34.5 Å². The Hall–Kier alpha value is -3.02. The van der Waals surface area contributed by atoms with Crippen LogP contribution in [0.2, 0.25) is 0 Å². The number of amides is 2. The molecule has 2 amide bonds. The molecule has 3 rings (SSSR count).